The van der Waals surface area contributed by atoms with E-state index in [9.17, 15) is 9.59 Å². The first-order chi connectivity index (χ1) is 23.2. The fraction of sp³-hybridized carbons (Fsp3) is 0.590. The van der Waals surface area contributed by atoms with Gasteiger partial charge in [-0.25, -0.2) is 4.79 Å². The van der Waals surface area contributed by atoms with Gasteiger partial charge in [0.25, 0.3) is 5.56 Å². The zero-order valence-electron chi connectivity index (χ0n) is 33.6. The number of aromatic nitrogens is 2. The summed E-state index contributed by atoms with van der Waals surface area (Å²) in [6, 6.07) is 18.2. The van der Waals surface area contributed by atoms with Crippen LogP contribution in [0.1, 0.15) is 68.5 Å². The summed E-state index contributed by atoms with van der Waals surface area (Å²) in [5, 5.41) is -0.192. The van der Waals surface area contributed by atoms with E-state index in [0.717, 1.165) is 16.0 Å². The van der Waals surface area contributed by atoms with Crippen LogP contribution in [0, 0.1) is 0 Å². The van der Waals surface area contributed by atoms with Gasteiger partial charge in [-0.15, -0.1) is 0 Å². The number of hydrogen-bond acceptors (Lipinski definition) is 7. The molecule has 3 aromatic rings. The minimum atomic E-state index is -2.43. The molecule has 4 atom stereocenters. The third-order valence-electron chi connectivity index (χ3n) is 11.6. The zero-order chi connectivity index (χ0) is 38.4. The van der Waals surface area contributed by atoms with Gasteiger partial charge in [0.05, 0.1) is 11.5 Å². The molecule has 0 bridgehead atoms. The molecule has 4 rings (SSSR count). The van der Waals surface area contributed by atoms with Crippen molar-refractivity contribution in [2.75, 3.05) is 6.61 Å². The van der Waals surface area contributed by atoms with Gasteiger partial charge < -0.3 is 18.0 Å². The fourth-order valence-corrected chi connectivity index (χ4v) is 9.53. The summed E-state index contributed by atoms with van der Waals surface area (Å²) in [6.07, 6.45) is -0.807. The SMILES string of the molecule is CC(C)(C)[Si](C)(C)OC[C@H]1O[C@@H](n2cc(Sc3ccc(-c4ccccc4)cc3)c(=O)[nH]c2=O)[C@H](O[Si](C)(C)C(C)(C)C)[C@@H]1O[Si](C)(C)C(C)(C)C. The van der Waals surface area contributed by atoms with Crippen molar-refractivity contribution < 1.29 is 18.0 Å². The Bertz CT molecular complexity index is 1750. The Morgan fingerprint density at radius 3 is 1.71 bits per heavy atom. The highest BCUT2D eigenvalue weighted by Gasteiger charge is 2.55. The zero-order valence-corrected chi connectivity index (χ0v) is 37.4. The Hall–Kier alpha value is -2.04. The molecule has 0 aliphatic carbocycles. The molecule has 51 heavy (non-hydrogen) atoms. The minimum Gasteiger partial charge on any atom is -0.414 e. The summed E-state index contributed by atoms with van der Waals surface area (Å²) >= 11 is 1.32. The number of nitrogens with zero attached hydrogens (tertiary/aromatic N) is 1. The highest BCUT2D eigenvalue weighted by molar-refractivity contribution is 7.99. The first-order valence-electron chi connectivity index (χ1n) is 18.1. The minimum absolute atomic E-state index is 0.000884. The quantitative estimate of drug-likeness (QED) is 0.194. The third kappa shape index (κ3) is 9.56. The molecule has 1 aliphatic rings. The first kappa shape index (κ1) is 41.7. The van der Waals surface area contributed by atoms with Gasteiger partial charge in [0.15, 0.2) is 31.2 Å². The molecule has 2 aromatic carbocycles. The molecule has 12 heteroatoms. The standard InChI is InChI=1S/C39H62N2O6SSi3/c1-37(2,3)49(10,11)44-26-30-32(46-50(12,13)38(4,5)6)33(47-51(14,15)39(7,8)9)35(45-30)41-25-31(34(42)40-36(41)43)48-29-23-21-28(22-24-29)27-19-17-16-18-20-27/h16-25,30,32-33,35H,26H2,1-15H3,(H,40,42,43)/t30-,32-,33-,35-/m1/s1. The first-order valence-corrected chi connectivity index (χ1v) is 27.6. The lowest BCUT2D eigenvalue weighted by Crippen LogP contribution is -2.55. The number of hydrogen-bond donors (Lipinski definition) is 1. The second kappa shape index (κ2) is 15.0. The van der Waals surface area contributed by atoms with Crippen molar-refractivity contribution in [1.82, 2.24) is 9.55 Å². The molecule has 2 heterocycles. The maximum Gasteiger partial charge on any atom is 0.330 e. The van der Waals surface area contributed by atoms with Gasteiger partial charge in [0.1, 0.15) is 18.3 Å². The predicted molar refractivity (Wildman–Crippen MR) is 219 cm³/mol. The van der Waals surface area contributed by atoms with Crippen molar-refractivity contribution in [3.05, 3.63) is 81.6 Å². The van der Waals surface area contributed by atoms with Crippen molar-refractivity contribution in [2.24, 2.45) is 0 Å². The van der Waals surface area contributed by atoms with E-state index in [-0.39, 0.29) is 15.1 Å². The lowest BCUT2D eigenvalue weighted by molar-refractivity contribution is -0.0513. The maximum absolute atomic E-state index is 13.8. The molecule has 1 saturated heterocycles. The van der Waals surface area contributed by atoms with Gasteiger partial charge in [-0.2, -0.15) is 0 Å². The number of ether oxygens (including phenoxy) is 1. The highest BCUT2D eigenvalue weighted by Crippen LogP contribution is 2.46. The van der Waals surface area contributed by atoms with Crippen LogP contribution in [0.4, 0.5) is 0 Å². The molecule has 1 aromatic heterocycles. The van der Waals surface area contributed by atoms with E-state index in [1.165, 1.54) is 16.3 Å². The Morgan fingerprint density at radius 2 is 1.20 bits per heavy atom. The Labute approximate surface area is 313 Å². The van der Waals surface area contributed by atoms with Crippen LogP contribution in [-0.2, 0) is 18.0 Å². The topological polar surface area (TPSA) is 91.8 Å². The fourth-order valence-electron chi connectivity index (χ4n) is 5.08. The molecule has 1 fully saturated rings. The number of H-pyrrole nitrogens is 1. The molecule has 1 aliphatic heterocycles. The predicted octanol–water partition coefficient (Wildman–Crippen LogP) is 10.1. The van der Waals surface area contributed by atoms with Crippen LogP contribution in [0.3, 0.4) is 0 Å². The van der Waals surface area contributed by atoms with E-state index < -0.39 is 60.7 Å². The van der Waals surface area contributed by atoms with Gasteiger partial charge in [0.2, 0.25) is 0 Å². The Morgan fingerprint density at radius 1 is 0.706 bits per heavy atom. The molecule has 0 spiro atoms. The van der Waals surface area contributed by atoms with Gasteiger partial charge in [-0.05, 0) is 77.7 Å². The lowest BCUT2D eigenvalue weighted by atomic mass is 10.1. The summed E-state index contributed by atoms with van der Waals surface area (Å²) < 4.78 is 29.7. The van der Waals surface area contributed by atoms with E-state index >= 15 is 0 Å². The Balaban J connectivity index is 1.80. The summed E-state index contributed by atoms with van der Waals surface area (Å²) in [4.78, 5) is 30.9. The van der Waals surface area contributed by atoms with Crippen LogP contribution in [-0.4, -0.2) is 59.4 Å². The highest BCUT2D eigenvalue weighted by atomic mass is 32.2. The van der Waals surface area contributed by atoms with E-state index in [4.69, 9.17) is 18.0 Å². The van der Waals surface area contributed by atoms with Crippen molar-refractivity contribution in [1.29, 1.82) is 0 Å². The molecule has 0 amide bonds. The van der Waals surface area contributed by atoms with E-state index in [0.29, 0.717) is 11.5 Å². The summed E-state index contributed by atoms with van der Waals surface area (Å²) in [7, 11) is -6.97. The number of aromatic amines is 1. The van der Waals surface area contributed by atoms with E-state index in [1.54, 1.807) is 6.20 Å². The van der Waals surface area contributed by atoms with Crippen molar-refractivity contribution in [3.8, 4) is 11.1 Å². The van der Waals surface area contributed by atoms with E-state index in [1.807, 2.05) is 42.5 Å². The van der Waals surface area contributed by atoms with E-state index in [2.05, 4.69) is 119 Å². The van der Waals surface area contributed by atoms with Gasteiger partial charge in [0, 0.05) is 11.1 Å². The largest absolute Gasteiger partial charge is 0.414 e. The van der Waals surface area contributed by atoms with Crippen molar-refractivity contribution >= 4 is 36.7 Å². The monoisotopic (exact) mass is 770 g/mol. The third-order valence-corrected chi connectivity index (χ3v) is 26.0. The summed E-state index contributed by atoms with van der Waals surface area (Å²) in [5.74, 6) is 0. The molecular formula is C39H62N2O6SSi3. The molecule has 1 N–H and O–H groups in total. The van der Waals surface area contributed by atoms with Crippen LogP contribution < -0.4 is 11.2 Å². The maximum atomic E-state index is 13.8. The molecule has 282 valence electrons. The molecule has 0 saturated carbocycles. The second-order valence-corrected chi connectivity index (χ2v) is 33.9. The summed E-state index contributed by atoms with van der Waals surface area (Å²) in [5.41, 5.74) is 1.21. The van der Waals surface area contributed by atoms with Crippen LogP contribution in [0.15, 0.2) is 80.2 Å². The average molecular weight is 771 g/mol. The molecule has 8 nitrogen and oxygen atoms in total. The second-order valence-electron chi connectivity index (χ2n) is 18.5. The van der Waals surface area contributed by atoms with Gasteiger partial charge >= 0.3 is 5.69 Å². The van der Waals surface area contributed by atoms with Crippen LogP contribution in [0.5, 0.6) is 0 Å². The Kier molecular flexibility index (Phi) is 12.3. The van der Waals surface area contributed by atoms with Crippen molar-refractivity contribution in [2.45, 2.75) is 151 Å². The summed E-state index contributed by atoms with van der Waals surface area (Å²) in [6.45, 7) is 33.6. The van der Waals surface area contributed by atoms with Crippen LogP contribution >= 0.6 is 11.8 Å². The molecule has 0 unspecified atom stereocenters. The normalized spacial score (nSPS) is 20.9. The van der Waals surface area contributed by atoms with Crippen LogP contribution in [0.25, 0.3) is 11.1 Å². The average Bonchev–Trinajstić information content (AvgIpc) is 3.31. The number of nitrogens with one attached hydrogen (secondary N) is 1. The van der Waals surface area contributed by atoms with Crippen LogP contribution in [0.2, 0.25) is 54.4 Å². The number of benzene rings is 2. The lowest BCUT2D eigenvalue weighted by Gasteiger charge is -2.44. The van der Waals surface area contributed by atoms with Gasteiger partial charge in [-0.3, -0.25) is 14.3 Å². The smallest absolute Gasteiger partial charge is 0.330 e. The molecule has 0 radical (unpaired) electrons. The number of rotatable bonds is 11. The van der Waals surface area contributed by atoms with Gasteiger partial charge in [-0.1, -0.05) is 117 Å². The van der Waals surface area contributed by atoms with Crippen molar-refractivity contribution in [3.63, 3.8) is 0 Å². The molecular weight excluding hydrogens is 709 g/mol.